The molecule has 6 rings (SSSR count). The number of carboxylic acids is 2. The van der Waals surface area contributed by atoms with Crippen LogP contribution in [0.5, 0.6) is 23.0 Å². The first-order valence-corrected chi connectivity index (χ1v) is 24.1. The minimum atomic E-state index is -0.834. The van der Waals surface area contributed by atoms with Gasteiger partial charge in [-0.15, -0.1) is 0 Å². The summed E-state index contributed by atoms with van der Waals surface area (Å²) in [6, 6.07) is 36.6. The Kier molecular flexibility index (Phi) is 19.2. The predicted octanol–water partition coefficient (Wildman–Crippen LogP) is 15.8. The third-order valence-corrected chi connectivity index (χ3v) is 12.0. The molecule has 10 heteroatoms. The van der Waals surface area contributed by atoms with Gasteiger partial charge in [0.2, 0.25) is 0 Å². The zero-order valence-corrected chi connectivity index (χ0v) is 43.8. The number of methoxy groups -OCH3 is 2. The van der Waals surface area contributed by atoms with E-state index in [1.165, 1.54) is 12.1 Å². The summed E-state index contributed by atoms with van der Waals surface area (Å²) in [6.07, 6.45) is 4.02. The first-order valence-electron chi connectivity index (χ1n) is 24.1. The van der Waals surface area contributed by atoms with Crippen molar-refractivity contribution in [3.05, 3.63) is 190 Å². The maximum Gasteiger partial charge on any atom is 0.304 e. The van der Waals surface area contributed by atoms with Gasteiger partial charge in [0.25, 0.3) is 0 Å². The summed E-state index contributed by atoms with van der Waals surface area (Å²) in [6.45, 7) is 21.1. The number of carbonyl (C=O) groups is 2. The Balaban J connectivity index is 0.000000267. The maximum absolute atomic E-state index is 14.9. The molecule has 0 amide bonds. The maximum atomic E-state index is 14.9. The zero-order valence-electron chi connectivity index (χ0n) is 43.8. The van der Waals surface area contributed by atoms with E-state index in [4.69, 9.17) is 18.9 Å². The number of aliphatic carboxylic acids is 2. The molecule has 380 valence electrons. The van der Waals surface area contributed by atoms with Gasteiger partial charge in [-0.2, -0.15) is 0 Å². The molecule has 0 aromatic heterocycles. The standard InChI is InChI=1S/2C31H35FO4/c2*1-20(2)15-23(17-30(33)34)22-8-10-24(11-9-22)36-19-21-7-13-28(31(3,4)5)26(16-21)27-18-25(35-6)12-14-29(27)32/h2*7-16,18,23H,17,19H2,1-6H3,(H,33,34)/t2*23-/m10/s1. The first kappa shape index (κ1) is 55.7. The van der Waals surface area contributed by atoms with Crippen LogP contribution in [0.2, 0.25) is 0 Å². The Hall–Kier alpha value is -7.20. The molecule has 0 aliphatic rings. The monoisotopic (exact) mass is 981 g/mol. The van der Waals surface area contributed by atoms with Gasteiger partial charge >= 0.3 is 11.9 Å². The molecule has 2 atom stereocenters. The average molecular weight is 981 g/mol. The highest BCUT2D eigenvalue weighted by atomic mass is 19.1. The largest absolute Gasteiger partial charge is 0.497 e. The van der Waals surface area contributed by atoms with E-state index in [0.717, 1.165) is 55.7 Å². The second kappa shape index (κ2) is 24.8. The Morgan fingerprint density at radius 2 is 0.819 bits per heavy atom. The highest BCUT2D eigenvalue weighted by Gasteiger charge is 2.24. The molecule has 0 bridgehead atoms. The normalized spacial score (nSPS) is 12.1. The third kappa shape index (κ3) is 15.9. The first-order chi connectivity index (χ1) is 33.9. The van der Waals surface area contributed by atoms with E-state index >= 15 is 0 Å². The van der Waals surface area contributed by atoms with Crippen molar-refractivity contribution in [2.24, 2.45) is 0 Å². The third-order valence-electron chi connectivity index (χ3n) is 12.0. The van der Waals surface area contributed by atoms with E-state index < -0.39 is 11.9 Å². The Bertz CT molecular complexity index is 2660. The van der Waals surface area contributed by atoms with E-state index in [2.05, 4.69) is 41.5 Å². The molecule has 6 aromatic carbocycles. The van der Waals surface area contributed by atoms with Gasteiger partial charge in [0.1, 0.15) is 47.8 Å². The van der Waals surface area contributed by atoms with Crippen LogP contribution in [0.1, 0.15) is 127 Å². The smallest absolute Gasteiger partial charge is 0.304 e. The molecule has 0 aliphatic carbocycles. The number of rotatable bonds is 18. The lowest BCUT2D eigenvalue weighted by Gasteiger charge is -2.24. The Morgan fingerprint density at radius 3 is 1.11 bits per heavy atom. The summed E-state index contributed by atoms with van der Waals surface area (Å²) in [4.78, 5) is 22.6. The van der Waals surface area contributed by atoms with Crippen molar-refractivity contribution in [2.45, 2.75) is 118 Å². The highest BCUT2D eigenvalue weighted by molar-refractivity contribution is 5.73. The van der Waals surface area contributed by atoms with Crippen LogP contribution in [0, 0.1) is 11.6 Å². The summed E-state index contributed by atoms with van der Waals surface area (Å²) < 4.78 is 52.5. The van der Waals surface area contributed by atoms with Gasteiger partial charge in [-0.3, -0.25) is 9.59 Å². The number of hydrogen-bond donors (Lipinski definition) is 2. The number of halogens is 2. The summed E-state index contributed by atoms with van der Waals surface area (Å²) in [5.41, 5.74) is 10.1. The van der Waals surface area contributed by atoms with Crippen LogP contribution in [0.3, 0.4) is 0 Å². The van der Waals surface area contributed by atoms with E-state index in [-0.39, 0.29) is 47.1 Å². The van der Waals surface area contributed by atoms with Crippen LogP contribution in [0.4, 0.5) is 8.78 Å². The lowest BCUT2D eigenvalue weighted by Crippen LogP contribution is -2.13. The molecule has 0 radical (unpaired) electrons. The number of carboxylic acid groups (broad SMARTS) is 2. The summed E-state index contributed by atoms with van der Waals surface area (Å²) in [7, 11) is 3.14. The van der Waals surface area contributed by atoms with E-state index in [0.29, 0.717) is 47.3 Å². The molecule has 0 aliphatic heterocycles. The van der Waals surface area contributed by atoms with Crippen molar-refractivity contribution in [1.29, 1.82) is 0 Å². The molecular weight excluding hydrogens is 911 g/mol. The minimum absolute atomic E-state index is 0.0368. The van der Waals surface area contributed by atoms with Crippen LogP contribution < -0.4 is 18.9 Å². The molecule has 0 saturated heterocycles. The SMILES string of the molecule is COc1ccc(F)c(-c2cc(COc3ccc([C@@H](C=C(C)C)CC(=O)O)cc3)ccc2C(C)(C)C)c1.COc1ccc(F)c(-c2cc(COc3ccc([C@H](C=C(C)C)CC(=O)O)cc3)ccc2C(C)(C)C)c1. The lowest BCUT2D eigenvalue weighted by molar-refractivity contribution is -0.138. The van der Waals surface area contributed by atoms with Gasteiger partial charge < -0.3 is 29.2 Å². The minimum Gasteiger partial charge on any atom is -0.497 e. The molecule has 2 N–H and O–H groups in total. The van der Waals surface area contributed by atoms with Crippen LogP contribution >= 0.6 is 0 Å². The van der Waals surface area contributed by atoms with Crippen LogP contribution in [-0.2, 0) is 33.6 Å². The van der Waals surface area contributed by atoms with E-state index in [9.17, 15) is 28.6 Å². The van der Waals surface area contributed by atoms with Gasteiger partial charge in [0.05, 0.1) is 27.1 Å². The molecule has 0 heterocycles. The molecular formula is C62H70F2O8. The van der Waals surface area contributed by atoms with Gasteiger partial charge in [0, 0.05) is 23.0 Å². The highest BCUT2D eigenvalue weighted by Crippen LogP contribution is 2.39. The summed E-state index contributed by atoms with van der Waals surface area (Å²) in [5.74, 6) is -0.0922. The number of ether oxygens (including phenoxy) is 4. The van der Waals surface area contributed by atoms with Gasteiger partial charge in [0.15, 0.2) is 0 Å². The van der Waals surface area contributed by atoms with Gasteiger partial charge in [-0.1, -0.05) is 113 Å². The van der Waals surface area contributed by atoms with Crippen LogP contribution in [-0.4, -0.2) is 36.4 Å². The van der Waals surface area contributed by atoms with Crippen molar-refractivity contribution in [3.63, 3.8) is 0 Å². The van der Waals surface area contributed by atoms with Crippen molar-refractivity contribution in [2.75, 3.05) is 14.2 Å². The number of hydrogen-bond acceptors (Lipinski definition) is 6. The molecule has 0 saturated carbocycles. The van der Waals surface area contributed by atoms with Gasteiger partial charge in [-0.25, -0.2) is 8.78 Å². The van der Waals surface area contributed by atoms with Crippen LogP contribution in [0.25, 0.3) is 22.3 Å². The van der Waals surface area contributed by atoms with E-state index in [1.54, 1.807) is 38.5 Å². The second-order valence-electron chi connectivity index (χ2n) is 20.6. The molecule has 8 nitrogen and oxygen atoms in total. The zero-order chi connectivity index (χ0) is 52.9. The summed E-state index contributed by atoms with van der Waals surface area (Å²) >= 11 is 0. The van der Waals surface area contributed by atoms with Crippen molar-refractivity contribution >= 4 is 11.9 Å². The quantitative estimate of drug-likeness (QED) is 0.0819. The molecule has 0 spiro atoms. The molecule has 6 aromatic rings. The Labute approximate surface area is 425 Å². The average Bonchev–Trinajstić information content (AvgIpc) is 3.32. The van der Waals surface area contributed by atoms with Gasteiger partial charge in [-0.05, 0) is 156 Å². The molecule has 0 fully saturated rings. The predicted molar refractivity (Wildman–Crippen MR) is 285 cm³/mol. The topological polar surface area (TPSA) is 112 Å². The fraction of sp³-hybridized carbons (Fsp3) is 0.323. The lowest BCUT2D eigenvalue weighted by atomic mass is 9.81. The fourth-order valence-corrected chi connectivity index (χ4v) is 8.47. The molecule has 0 unspecified atom stereocenters. The van der Waals surface area contributed by atoms with Crippen molar-refractivity contribution in [1.82, 2.24) is 0 Å². The van der Waals surface area contributed by atoms with E-state index in [1.807, 2.05) is 125 Å². The second-order valence-corrected chi connectivity index (χ2v) is 20.6. The summed E-state index contributed by atoms with van der Waals surface area (Å²) in [5, 5.41) is 18.5. The van der Waals surface area contributed by atoms with Crippen LogP contribution in [0.15, 0.2) is 145 Å². The molecule has 72 heavy (non-hydrogen) atoms. The number of allylic oxidation sites excluding steroid dienone is 4. The Morgan fingerprint density at radius 1 is 0.486 bits per heavy atom. The number of benzene rings is 6. The fourth-order valence-electron chi connectivity index (χ4n) is 8.47. The van der Waals surface area contributed by atoms with Crippen molar-refractivity contribution in [3.8, 4) is 45.3 Å². The van der Waals surface area contributed by atoms with Crippen molar-refractivity contribution < 1.29 is 47.5 Å².